The molecule has 2 aromatic carbocycles. The Kier molecular flexibility index (Phi) is 5.92. The summed E-state index contributed by atoms with van der Waals surface area (Å²) in [6.07, 6.45) is 8.19. The highest BCUT2D eigenvalue weighted by atomic mass is 35.5. The van der Waals surface area contributed by atoms with Crippen LogP contribution in [0.5, 0.6) is 11.5 Å². The summed E-state index contributed by atoms with van der Waals surface area (Å²) in [4.78, 5) is 20.7. The molecule has 152 valence electrons. The minimum absolute atomic E-state index is 0.311. The summed E-state index contributed by atoms with van der Waals surface area (Å²) in [6.45, 7) is 0.586. The molecule has 0 spiro atoms. The lowest BCUT2D eigenvalue weighted by atomic mass is 10.1. The standard InChI is InChI=1S/C23H16ClN5O2/c24-19-2-1-3-20(10-19)28-23(30)18-9-21(13-27-12-18)31-22-8-16(4-5-17(22)11-25)14-29-7-6-26-15-29/h1-10,12-13,15H,14H2,(H,28,30). The van der Waals surface area contributed by atoms with E-state index in [0.29, 0.717) is 39.9 Å². The third-order valence-electron chi connectivity index (χ3n) is 4.38. The molecule has 0 aliphatic heterocycles. The highest BCUT2D eigenvalue weighted by molar-refractivity contribution is 6.30. The van der Waals surface area contributed by atoms with E-state index in [1.54, 1.807) is 55.0 Å². The van der Waals surface area contributed by atoms with E-state index in [4.69, 9.17) is 16.3 Å². The monoisotopic (exact) mass is 429 g/mol. The van der Waals surface area contributed by atoms with E-state index in [0.717, 1.165) is 5.56 Å². The lowest BCUT2D eigenvalue weighted by Gasteiger charge is -2.11. The molecular formula is C23H16ClN5O2. The van der Waals surface area contributed by atoms with Crippen LogP contribution in [-0.4, -0.2) is 20.4 Å². The zero-order valence-corrected chi connectivity index (χ0v) is 17.0. The van der Waals surface area contributed by atoms with Crippen molar-refractivity contribution in [3.8, 4) is 17.6 Å². The molecule has 1 amide bonds. The van der Waals surface area contributed by atoms with Crippen molar-refractivity contribution in [2.24, 2.45) is 0 Å². The number of carbonyl (C=O) groups is 1. The minimum Gasteiger partial charge on any atom is -0.454 e. The van der Waals surface area contributed by atoms with E-state index in [9.17, 15) is 10.1 Å². The average Bonchev–Trinajstić information content (AvgIpc) is 3.27. The SMILES string of the molecule is N#Cc1ccc(Cn2ccnc2)cc1Oc1cncc(C(=O)Nc2cccc(Cl)c2)c1. The minimum atomic E-state index is -0.352. The van der Waals surface area contributed by atoms with Gasteiger partial charge in [-0.2, -0.15) is 5.26 Å². The molecule has 7 nitrogen and oxygen atoms in total. The van der Waals surface area contributed by atoms with Gasteiger partial charge in [0.05, 0.1) is 23.7 Å². The number of ether oxygens (including phenoxy) is 1. The van der Waals surface area contributed by atoms with Crippen LogP contribution >= 0.6 is 11.6 Å². The van der Waals surface area contributed by atoms with Gasteiger partial charge in [0.25, 0.3) is 5.91 Å². The van der Waals surface area contributed by atoms with Gasteiger partial charge in [-0.1, -0.05) is 23.7 Å². The molecule has 0 aliphatic carbocycles. The molecule has 0 unspecified atom stereocenters. The van der Waals surface area contributed by atoms with E-state index >= 15 is 0 Å². The Bertz CT molecular complexity index is 1270. The van der Waals surface area contributed by atoms with Crippen molar-refractivity contribution >= 4 is 23.2 Å². The summed E-state index contributed by atoms with van der Waals surface area (Å²) in [7, 11) is 0. The molecule has 2 aromatic heterocycles. The maximum absolute atomic E-state index is 12.6. The fraction of sp³-hybridized carbons (Fsp3) is 0.0435. The Morgan fingerprint density at radius 2 is 2.06 bits per heavy atom. The first-order valence-corrected chi connectivity index (χ1v) is 9.67. The highest BCUT2D eigenvalue weighted by Crippen LogP contribution is 2.27. The van der Waals surface area contributed by atoms with Gasteiger partial charge in [-0.25, -0.2) is 4.98 Å². The molecular weight excluding hydrogens is 414 g/mol. The summed E-state index contributed by atoms with van der Waals surface area (Å²) < 4.78 is 7.82. The lowest BCUT2D eigenvalue weighted by Crippen LogP contribution is -2.12. The van der Waals surface area contributed by atoms with Crippen molar-refractivity contribution in [3.05, 3.63) is 101 Å². The van der Waals surface area contributed by atoms with E-state index in [1.807, 2.05) is 16.8 Å². The van der Waals surface area contributed by atoms with Gasteiger partial charge in [0.15, 0.2) is 0 Å². The smallest absolute Gasteiger partial charge is 0.257 e. The normalized spacial score (nSPS) is 10.3. The Labute approximate surface area is 183 Å². The second-order valence-electron chi connectivity index (χ2n) is 6.65. The molecule has 4 rings (SSSR count). The fourth-order valence-corrected chi connectivity index (χ4v) is 3.12. The van der Waals surface area contributed by atoms with Gasteiger partial charge >= 0.3 is 0 Å². The topological polar surface area (TPSA) is 92.8 Å². The average molecular weight is 430 g/mol. The van der Waals surface area contributed by atoms with E-state index in [2.05, 4.69) is 21.4 Å². The van der Waals surface area contributed by atoms with Crippen LogP contribution in [0.4, 0.5) is 5.69 Å². The van der Waals surface area contributed by atoms with Crippen LogP contribution in [0, 0.1) is 11.3 Å². The summed E-state index contributed by atoms with van der Waals surface area (Å²) >= 11 is 5.96. The summed E-state index contributed by atoms with van der Waals surface area (Å²) in [5.74, 6) is 0.374. The Balaban J connectivity index is 1.54. The number of nitrogens with one attached hydrogen (secondary N) is 1. The molecule has 31 heavy (non-hydrogen) atoms. The van der Waals surface area contributed by atoms with Crippen LogP contribution in [0.15, 0.2) is 79.6 Å². The van der Waals surface area contributed by atoms with Gasteiger partial charge in [-0.15, -0.1) is 0 Å². The van der Waals surface area contributed by atoms with Crippen LogP contribution in [-0.2, 0) is 6.54 Å². The molecule has 0 saturated heterocycles. The molecule has 0 fully saturated rings. The number of imidazole rings is 1. The van der Waals surface area contributed by atoms with E-state index < -0.39 is 0 Å². The molecule has 4 aromatic rings. The van der Waals surface area contributed by atoms with Gasteiger partial charge in [0.2, 0.25) is 0 Å². The van der Waals surface area contributed by atoms with Crippen molar-refractivity contribution in [2.75, 3.05) is 5.32 Å². The number of rotatable bonds is 6. The van der Waals surface area contributed by atoms with Crippen LogP contribution in [0.1, 0.15) is 21.5 Å². The van der Waals surface area contributed by atoms with Crippen LogP contribution < -0.4 is 10.1 Å². The van der Waals surface area contributed by atoms with Gasteiger partial charge in [-0.05, 0) is 42.0 Å². The zero-order chi connectivity index (χ0) is 21.6. The van der Waals surface area contributed by atoms with E-state index in [-0.39, 0.29) is 5.91 Å². The molecule has 0 atom stereocenters. The van der Waals surface area contributed by atoms with Crippen LogP contribution in [0.2, 0.25) is 5.02 Å². The number of nitriles is 1. The number of pyridine rings is 1. The number of carbonyl (C=O) groups excluding carboxylic acids is 1. The first-order valence-electron chi connectivity index (χ1n) is 9.29. The van der Waals surface area contributed by atoms with Gasteiger partial charge < -0.3 is 14.6 Å². The number of benzene rings is 2. The largest absolute Gasteiger partial charge is 0.454 e. The fourth-order valence-electron chi connectivity index (χ4n) is 2.93. The number of anilines is 1. The molecule has 0 aliphatic rings. The number of hydrogen-bond acceptors (Lipinski definition) is 5. The number of aromatic nitrogens is 3. The number of nitrogens with zero attached hydrogens (tertiary/aromatic N) is 4. The molecule has 1 N–H and O–H groups in total. The Morgan fingerprint density at radius 1 is 1.16 bits per heavy atom. The Morgan fingerprint density at radius 3 is 2.84 bits per heavy atom. The molecule has 2 heterocycles. The molecule has 0 saturated carbocycles. The predicted molar refractivity (Wildman–Crippen MR) is 116 cm³/mol. The number of hydrogen-bond donors (Lipinski definition) is 1. The summed E-state index contributed by atoms with van der Waals surface area (Å²) in [5.41, 5.74) is 2.20. The number of amides is 1. The summed E-state index contributed by atoms with van der Waals surface area (Å²) in [5, 5.41) is 12.7. The number of halogens is 1. The predicted octanol–water partition coefficient (Wildman–Crippen LogP) is 4.90. The zero-order valence-electron chi connectivity index (χ0n) is 16.2. The van der Waals surface area contributed by atoms with Crippen LogP contribution in [0.25, 0.3) is 0 Å². The third-order valence-corrected chi connectivity index (χ3v) is 4.61. The first-order chi connectivity index (χ1) is 15.1. The second-order valence-corrected chi connectivity index (χ2v) is 7.09. The van der Waals surface area contributed by atoms with Gasteiger partial charge in [0, 0.05) is 35.8 Å². The quantitative estimate of drug-likeness (QED) is 0.470. The maximum atomic E-state index is 12.6. The van der Waals surface area contributed by atoms with Crippen molar-refractivity contribution in [1.82, 2.24) is 14.5 Å². The molecule has 0 bridgehead atoms. The molecule has 0 radical (unpaired) electrons. The van der Waals surface area contributed by atoms with Crippen molar-refractivity contribution in [2.45, 2.75) is 6.54 Å². The van der Waals surface area contributed by atoms with Crippen LogP contribution in [0.3, 0.4) is 0 Å². The first kappa shape index (κ1) is 20.1. The Hall–Kier alpha value is -4.15. The van der Waals surface area contributed by atoms with Gasteiger partial charge in [0.1, 0.15) is 17.6 Å². The van der Waals surface area contributed by atoms with Gasteiger partial charge in [-0.3, -0.25) is 9.78 Å². The lowest BCUT2D eigenvalue weighted by molar-refractivity contribution is 0.102. The maximum Gasteiger partial charge on any atom is 0.257 e. The molecule has 8 heteroatoms. The van der Waals surface area contributed by atoms with Crippen molar-refractivity contribution in [3.63, 3.8) is 0 Å². The van der Waals surface area contributed by atoms with Crippen molar-refractivity contribution in [1.29, 1.82) is 5.26 Å². The third kappa shape index (κ3) is 5.07. The summed E-state index contributed by atoms with van der Waals surface area (Å²) in [6, 6.07) is 15.9. The van der Waals surface area contributed by atoms with E-state index in [1.165, 1.54) is 12.4 Å². The second kappa shape index (κ2) is 9.11. The van der Waals surface area contributed by atoms with Crippen molar-refractivity contribution < 1.29 is 9.53 Å². The highest BCUT2D eigenvalue weighted by Gasteiger charge is 2.11.